The maximum Gasteiger partial charge on any atom is 0.123 e. The van der Waals surface area contributed by atoms with Gasteiger partial charge in [0.2, 0.25) is 0 Å². The summed E-state index contributed by atoms with van der Waals surface area (Å²) < 4.78 is 13.8. The van der Waals surface area contributed by atoms with Gasteiger partial charge in [0.15, 0.2) is 0 Å². The summed E-state index contributed by atoms with van der Waals surface area (Å²) in [6.45, 7) is 9.81. The molecule has 2 heteroatoms. The Morgan fingerprint density at radius 3 is 2.48 bits per heavy atom. The van der Waals surface area contributed by atoms with Crippen molar-refractivity contribution in [2.75, 3.05) is 6.54 Å². The van der Waals surface area contributed by atoms with Crippen molar-refractivity contribution in [1.82, 2.24) is 5.32 Å². The van der Waals surface area contributed by atoms with E-state index in [2.05, 4.69) is 33.0 Å². The average Bonchev–Trinajstić information content (AvgIpc) is 2.87. The van der Waals surface area contributed by atoms with Gasteiger partial charge in [-0.15, -0.1) is 0 Å². The van der Waals surface area contributed by atoms with Crippen LogP contribution in [0.15, 0.2) is 18.2 Å². The number of nitrogens with one attached hydrogen (secondary N) is 1. The van der Waals surface area contributed by atoms with Gasteiger partial charge >= 0.3 is 0 Å². The largest absolute Gasteiger partial charge is 0.310 e. The molecule has 0 saturated heterocycles. The number of halogens is 1. The van der Waals surface area contributed by atoms with E-state index in [-0.39, 0.29) is 11.9 Å². The van der Waals surface area contributed by atoms with Crippen LogP contribution in [0.1, 0.15) is 70.0 Å². The first-order valence-corrected chi connectivity index (χ1v) is 8.48. The summed E-state index contributed by atoms with van der Waals surface area (Å²) >= 11 is 0. The predicted molar refractivity (Wildman–Crippen MR) is 87.9 cm³/mol. The molecular weight excluding hydrogens is 261 g/mol. The molecule has 1 fully saturated rings. The monoisotopic (exact) mass is 291 g/mol. The smallest absolute Gasteiger partial charge is 0.123 e. The molecule has 0 spiro atoms. The van der Waals surface area contributed by atoms with Crippen LogP contribution in [0, 0.1) is 24.1 Å². The zero-order valence-corrected chi connectivity index (χ0v) is 14.0. The van der Waals surface area contributed by atoms with Gasteiger partial charge in [0.25, 0.3) is 0 Å². The van der Waals surface area contributed by atoms with Crippen LogP contribution in [0.5, 0.6) is 0 Å². The van der Waals surface area contributed by atoms with Crippen molar-refractivity contribution >= 4 is 0 Å². The molecule has 0 aromatic heterocycles. The minimum absolute atomic E-state index is 0.115. The van der Waals surface area contributed by atoms with Crippen LogP contribution < -0.4 is 5.32 Å². The topological polar surface area (TPSA) is 12.0 Å². The highest BCUT2D eigenvalue weighted by Crippen LogP contribution is 2.52. The quantitative estimate of drug-likeness (QED) is 0.741. The van der Waals surface area contributed by atoms with Gasteiger partial charge in [0, 0.05) is 6.04 Å². The van der Waals surface area contributed by atoms with Crippen LogP contribution in [0.25, 0.3) is 0 Å². The zero-order chi connectivity index (χ0) is 15.5. The van der Waals surface area contributed by atoms with Gasteiger partial charge < -0.3 is 5.32 Å². The summed E-state index contributed by atoms with van der Waals surface area (Å²) in [6, 6.07) is 5.53. The molecule has 1 saturated carbocycles. The second kappa shape index (κ2) is 6.91. The van der Waals surface area contributed by atoms with Crippen LogP contribution in [0.2, 0.25) is 0 Å². The Labute approximate surface area is 129 Å². The molecule has 118 valence electrons. The van der Waals surface area contributed by atoms with Gasteiger partial charge in [-0.1, -0.05) is 39.7 Å². The van der Waals surface area contributed by atoms with Crippen LogP contribution in [-0.4, -0.2) is 6.54 Å². The molecule has 0 amide bonds. The number of aryl methyl sites for hydroxylation is 1. The van der Waals surface area contributed by atoms with E-state index in [1.807, 2.05) is 6.07 Å². The number of benzene rings is 1. The molecule has 2 rings (SSSR count). The van der Waals surface area contributed by atoms with Crippen molar-refractivity contribution in [3.05, 3.63) is 35.1 Å². The second-order valence-electron chi connectivity index (χ2n) is 7.16. The molecule has 1 atom stereocenters. The highest BCUT2D eigenvalue weighted by Gasteiger charge is 2.42. The summed E-state index contributed by atoms with van der Waals surface area (Å²) in [7, 11) is 0. The Hall–Kier alpha value is -0.890. The van der Waals surface area contributed by atoms with Gasteiger partial charge in [-0.05, 0) is 67.3 Å². The Morgan fingerprint density at radius 1 is 1.24 bits per heavy atom. The van der Waals surface area contributed by atoms with Crippen LogP contribution in [0.4, 0.5) is 4.39 Å². The van der Waals surface area contributed by atoms with Gasteiger partial charge in [0.1, 0.15) is 5.82 Å². The molecule has 1 aromatic rings. The highest BCUT2D eigenvalue weighted by molar-refractivity contribution is 5.31. The molecule has 0 aliphatic heterocycles. The molecule has 0 radical (unpaired) electrons. The highest BCUT2D eigenvalue weighted by atomic mass is 19.1. The molecule has 21 heavy (non-hydrogen) atoms. The van der Waals surface area contributed by atoms with Crippen LogP contribution in [-0.2, 0) is 0 Å². The first kappa shape index (κ1) is 16.5. The maximum absolute atomic E-state index is 13.8. The van der Waals surface area contributed by atoms with E-state index in [0.29, 0.717) is 11.3 Å². The average molecular weight is 291 g/mol. The van der Waals surface area contributed by atoms with E-state index in [0.717, 1.165) is 6.54 Å². The lowest BCUT2D eigenvalue weighted by Gasteiger charge is -2.40. The predicted octanol–water partition coefficient (Wildman–Crippen LogP) is 5.39. The lowest BCUT2D eigenvalue weighted by molar-refractivity contribution is 0.156. The first-order chi connectivity index (χ1) is 9.98. The number of hydrogen-bond acceptors (Lipinski definition) is 1. The maximum atomic E-state index is 13.8. The molecule has 1 unspecified atom stereocenters. The van der Waals surface area contributed by atoms with Crippen molar-refractivity contribution in [2.24, 2.45) is 11.3 Å². The lowest BCUT2D eigenvalue weighted by Crippen LogP contribution is -2.38. The van der Waals surface area contributed by atoms with E-state index < -0.39 is 0 Å². The normalized spacial score (nSPS) is 19.1. The zero-order valence-electron chi connectivity index (χ0n) is 14.0. The van der Waals surface area contributed by atoms with E-state index in [4.69, 9.17) is 0 Å². The Balaban J connectivity index is 2.42. The van der Waals surface area contributed by atoms with Gasteiger partial charge in [-0.25, -0.2) is 4.39 Å². The number of hydrogen-bond donors (Lipinski definition) is 1. The first-order valence-electron chi connectivity index (χ1n) is 8.48. The molecule has 1 aliphatic rings. The standard InChI is InChI=1S/C19H30FN/c1-5-21-18(17-12-16(20)9-8-15(17)4)19(13-14(2)3)10-6-7-11-19/h8-9,12,14,18,21H,5-7,10-11,13H2,1-4H3. The van der Waals surface area contributed by atoms with E-state index in [1.54, 1.807) is 12.1 Å². The van der Waals surface area contributed by atoms with Gasteiger partial charge in [0.05, 0.1) is 0 Å². The minimum atomic E-state index is -0.115. The fourth-order valence-corrected chi connectivity index (χ4v) is 4.29. The Bertz CT molecular complexity index is 461. The third-order valence-corrected chi connectivity index (χ3v) is 4.99. The molecule has 1 aliphatic carbocycles. The Kier molecular flexibility index (Phi) is 5.43. The van der Waals surface area contributed by atoms with Gasteiger partial charge in [-0.2, -0.15) is 0 Å². The SMILES string of the molecule is CCNC(c1cc(F)ccc1C)C1(CC(C)C)CCCC1. The van der Waals surface area contributed by atoms with Crippen molar-refractivity contribution in [1.29, 1.82) is 0 Å². The van der Waals surface area contributed by atoms with Crippen LogP contribution >= 0.6 is 0 Å². The summed E-state index contributed by atoms with van der Waals surface area (Å²) in [5.41, 5.74) is 2.67. The minimum Gasteiger partial charge on any atom is -0.310 e. The fourth-order valence-electron chi connectivity index (χ4n) is 4.29. The fraction of sp³-hybridized carbons (Fsp3) is 0.684. The van der Waals surface area contributed by atoms with Crippen molar-refractivity contribution in [3.63, 3.8) is 0 Å². The van der Waals surface area contributed by atoms with Gasteiger partial charge in [-0.3, -0.25) is 0 Å². The van der Waals surface area contributed by atoms with E-state index in [1.165, 1.54) is 43.2 Å². The molecule has 0 heterocycles. The second-order valence-corrected chi connectivity index (χ2v) is 7.16. The number of rotatable bonds is 6. The van der Waals surface area contributed by atoms with Crippen molar-refractivity contribution in [2.45, 2.75) is 65.8 Å². The molecule has 0 bridgehead atoms. The third-order valence-electron chi connectivity index (χ3n) is 4.99. The Morgan fingerprint density at radius 2 is 1.90 bits per heavy atom. The summed E-state index contributed by atoms with van der Waals surface area (Å²) in [5.74, 6) is 0.564. The molecule has 1 aromatic carbocycles. The van der Waals surface area contributed by atoms with Crippen LogP contribution in [0.3, 0.4) is 0 Å². The van der Waals surface area contributed by atoms with E-state index >= 15 is 0 Å². The molecule has 1 N–H and O–H groups in total. The summed E-state index contributed by atoms with van der Waals surface area (Å²) in [6.07, 6.45) is 6.37. The lowest BCUT2D eigenvalue weighted by atomic mass is 9.69. The molecular formula is C19H30FN. The van der Waals surface area contributed by atoms with Crippen molar-refractivity contribution in [3.8, 4) is 0 Å². The molecule has 1 nitrogen and oxygen atoms in total. The van der Waals surface area contributed by atoms with Crippen molar-refractivity contribution < 1.29 is 4.39 Å². The summed E-state index contributed by atoms with van der Waals surface area (Å²) in [5, 5.41) is 3.69. The van der Waals surface area contributed by atoms with E-state index in [9.17, 15) is 4.39 Å². The third kappa shape index (κ3) is 3.66. The summed E-state index contributed by atoms with van der Waals surface area (Å²) in [4.78, 5) is 0.